The van der Waals surface area contributed by atoms with Crippen LogP contribution in [0.5, 0.6) is 0 Å². The number of aliphatic imine (C=N–C) groups is 2. The van der Waals surface area contributed by atoms with Crippen LogP contribution >= 0.6 is 0 Å². The van der Waals surface area contributed by atoms with Gasteiger partial charge in [0.05, 0.1) is 11.3 Å². The first-order chi connectivity index (χ1) is 13.3. The van der Waals surface area contributed by atoms with Crippen molar-refractivity contribution < 1.29 is 18.0 Å². The van der Waals surface area contributed by atoms with E-state index in [0.717, 1.165) is 6.07 Å². The number of nitrogens with zero attached hydrogens (tertiary/aromatic N) is 3. The van der Waals surface area contributed by atoms with Crippen LogP contribution < -0.4 is 5.32 Å². The lowest BCUT2D eigenvalue weighted by Crippen LogP contribution is -2.27. The Kier molecular flexibility index (Phi) is 4.21. The maximum Gasteiger partial charge on any atom is 0.417 e. The van der Waals surface area contributed by atoms with Gasteiger partial charge in [0.25, 0.3) is 5.91 Å². The summed E-state index contributed by atoms with van der Waals surface area (Å²) >= 11 is 0. The number of aromatic nitrogens is 2. The molecule has 3 heterocycles. The second-order valence-corrected chi connectivity index (χ2v) is 6.21. The maximum atomic E-state index is 13.3. The largest absolute Gasteiger partial charge is 0.417 e. The normalized spacial score (nSPS) is 14.1. The molecule has 0 aliphatic carbocycles. The Hall–Kier alpha value is -3.49. The molecule has 1 aliphatic heterocycles. The zero-order valence-corrected chi connectivity index (χ0v) is 14.6. The lowest BCUT2D eigenvalue weighted by Gasteiger charge is -2.11. The Bertz CT molecular complexity index is 1140. The molecular weight excluding hydrogens is 371 g/mol. The minimum Gasteiger partial charge on any atom is -0.339 e. The lowest BCUT2D eigenvalue weighted by molar-refractivity contribution is -0.137. The molecule has 142 valence electrons. The first kappa shape index (κ1) is 17.9. The summed E-state index contributed by atoms with van der Waals surface area (Å²) < 4.78 is 39.8. The van der Waals surface area contributed by atoms with Gasteiger partial charge in [-0.1, -0.05) is 18.2 Å². The van der Waals surface area contributed by atoms with Gasteiger partial charge in [0, 0.05) is 16.6 Å². The van der Waals surface area contributed by atoms with Crippen molar-refractivity contribution in [3.05, 3.63) is 48.0 Å². The van der Waals surface area contributed by atoms with Gasteiger partial charge in [0.2, 0.25) is 0 Å². The predicted octanol–water partition coefficient (Wildman–Crippen LogP) is 4.06. The number of benzene rings is 1. The third kappa shape index (κ3) is 3.26. The monoisotopic (exact) mass is 385 g/mol. The number of hydrogen-bond acceptors (Lipinski definition) is 4. The van der Waals surface area contributed by atoms with Gasteiger partial charge in [-0.3, -0.25) is 14.8 Å². The molecule has 2 N–H and O–H groups in total. The molecule has 3 aromatic rings. The number of alkyl halides is 3. The molecule has 1 aliphatic rings. The van der Waals surface area contributed by atoms with Gasteiger partial charge < -0.3 is 10.3 Å². The Balaban J connectivity index is 1.67. The SMILES string of the molecule is CC1=NCN=C1C(=O)Nc1ccc2cc(-c3ccccc3C(F)(F)F)[nH]c2n1. The van der Waals surface area contributed by atoms with Gasteiger partial charge in [-0.2, -0.15) is 13.2 Å². The van der Waals surface area contributed by atoms with Crippen LogP contribution in [-0.4, -0.2) is 34.0 Å². The van der Waals surface area contributed by atoms with Crippen molar-refractivity contribution in [2.75, 3.05) is 12.0 Å². The number of carbonyl (C=O) groups is 1. The standard InChI is InChI=1S/C19H14F3N5O/c1-10-16(24-9-23-10)18(28)27-15-7-6-11-8-14(25-17(11)26-15)12-4-2-3-5-13(12)19(20,21)22/h2-8H,9H2,1H3,(H2,25,26,27,28). The molecule has 0 fully saturated rings. The Morgan fingerprint density at radius 2 is 1.93 bits per heavy atom. The number of carbonyl (C=O) groups excluding carboxylic acids is 1. The second-order valence-electron chi connectivity index (χ2n) is 6.21. The molecule has 0 radical (unpaired) electrons. The minimum atomic E-state index is -4.47. The van der Waals surface area contributed by atoms with Crippen LogP contribution in [0.1, 0.15) is 12.5 Å². The van der Waals surface area contributed by atoms with Gasteiger partial charge in [0.1, 0.15) is 23.8 Å². The van der Waals surface area contributed by atoms with Crippen LogP contribution in [-0.2, 0) is 11.0 Å². The predicted molar refractivity (Wildman–Crippen MR) is 101 cm³/mol. The number of halogens is 3. The fourth-order valence-electron chi connectivity index (χ4n) is 3.00. The Morgan fingerprint density at radius 1 is 1.14 bits per heavy atom. The summed E-state index contributed by atoms with van der Waals surface area (Å²) in [4.78, 5) is 27.5. The molecule has 2 aromatic heterocycles. The highest BCUT2D eigenvalue weighted by molar-refractivity contribution is 6.69. The van der Waals surface area contributed by atoms with Crippen LogP contribution in [0, 0.1) is 0 Å². The highest BCUT2D eigenvalue weighted by atomic mass is 19.4. The maximum absolute atomic E-state index is 13.3. The van der Waals surface area contributed by atoms with Crippen LogP contribution in [0.4, 0.5) is 19.0 Å². The highest BCUT2D eigenvalue weighted by Crippen LogP contribution is 2.37. The van der Waals surface area contributed by atoms with E-state index in [1.807, 2.05) is 0 Å². The smallest absolute Gasteiger partial charge is 0.339 e. The molecule has 1 aromatic carbocycles. The summed E-state index contributed by atoms with van der Waals surface area (Å²) in [6.07, 6.45) is -4.47. The fourth-order valence-corrected chi connectivity index (χ4v) is 3.00. The second kappa shape index (κ2) is 6.59. The van der Waals surface area contributed by atoms with Gasteiger partial charge in [-0.15, -0.1) is 0 Å². The van der Waals surface area contributed by atoms with E-state index in [0.29, 0.717) is 22.4 Å². The van der Waals surface area contributed by atoms with E-state index < -0.39 is 17.6 Å². The van der Waals surface area contributed by atoms with E-state index in [1.54, 1.807) is 31.2 Å². The first-order valence-electron chi connectivity index (χ1n) is 8.36. The molecule has 0 spiro atoms. The number of fused-ring (bicyclic) bond motifs is 1. The molecule has 0 saturated heterocycles. The molecule has 0 atom stereocenters. The van der Waals surface area contributed by atoms with Crippen molar-refractivity contribution in [3.8, 4) is 11.3 Å². The molecule has 4 rings (SSSR count). The number of H-pyrrole nitrogens is 1. The molecule has 0 unspecified atom stereocenters. The number of nitrogens with one attached hydrogen (secondary N) is 2. The summed E-state index contributed by atoms with van der Waals surface area (Å²) in [5.74, 6) is -0.169. The summed E-state index contributed by atoms with van der Waals surface area (Å²) in [5, 5.41) is 3.26. The molecule has 0 saturated carbocycles. The summed E-state index contributed by atoms with van der Waals surface area (Å²) in [6.45, 7) is 1.91. The van der Waals surface area contributed by atoms with Crippen molar-refractivity contribution in [1.82, 2.24) is 9.97 Å². The van der Waals surface area contributed by atoms with Crippen molar-refractivity contribution in [1.29, 1.82) is 0 Å². The zero-order chi connectivity index (χ0) is 19.9. The number of pyridine rings is 1. The summed E-state index contributed by atoms with van der Waals surface area (Å²) in [6, 6.07) is 10.2. The fraction of sp³-hybridized carbons (Fsp3) is 0.158. The van der Waals surface area contributed by atoms with E-state index in [-0.39, 0.29) is 23.8 Å². The number of rotatable bonds is 3. The lowest BCUT2D eigenvalue weighted by atomic mass is 10.0. The summed E-state index contributed by atoms with van der Waals surface area (Å²) in [5.41, 5.74) is 0.748. The first-order valence-corrected chi connectivity index (χ1v) is 8.36. The van der Waals surface area contributed by atoms with E-state index in [1.165, 1.54) is 12.1 Å². The topological polar surface area (TPSA) is 82.5 Å². The van der Waals surface area contributed by atoms with Gasteiger partial charge in [-0.05, 0) is 31.2 Å². The van der Waals surface area contributed by atoms with E-state index >= 15 is 0 Å². The summed E-state index contributed by atoms with van der Waals surface area (Å²) in [7, 11) is 0. The third-order valence-corrected chi connectivity index (χ3v) is 4.34. The quantitative estimate of drug-likeness (QED) is 0.713. The number of aromatic amines is 1. The van der Waals surface area contributed by atoms with Crippen LogP contribution in [0.2, 0.25) is 0 Å². The van der Waals surface area contributed by atoms with E-state index in [4.69, 9.17) is 0 Å². The molecule has 1 amide bonds. The highest BCUT2D eigenvalue weighted by Gasteiger charge is 2.33. The minimum absolute atomic E-state index is 0.0331. The van der Waals surface area contributed by atoms with Crippen LogP contribution in [0.15, 0.2) is 52.4 Å². The van der Waals surface area contributed by atoms with Crippen LogP contribution in [0.3, 0.4) is 0 Å². The average Bonchev–Trinajstić information content (AvgIpc) is 3.26. The van der Waals surface area contributed by atoms with Crippen molar-refractivity contribution >= 4 is 34.2 Å². The zero-order valence-electron chi connectivity index (χ0n) is 14.6. The Morgan fingerprint density at radius 3 is 2.64 bits per heavy atom. The number of hydrogen-bond donors (Lipinski definition) is 2. The number of amides is 1. The van der Waals surface area contributed by atoms with E-state index in [9.17, 15) is 18.0 Å². The average molecular weight is 385 g/mol. The van der Waals surface area contributed by atoms with Crippen molar-refractivity contribution in [2.24, 2.45) is 9.98 Å². The molecule has 6 nitrogen and oxygen atoms in total. The molecule has 28 heavy (non-hydrogen) atoms. The van der Waals surface area contributed by atoms with E-state index in [2.05, 4.69) is 25.3 Å². The van der Waals surface area contributed by atoms with Gasteiger partial charge in [-0.25, -0.2) is 4.98 Å². The van der Waals surface area contributed by atoms with Gasteiger partial charge in [0.15, 0.2) is 0 Å². The van der Waals surface area contributed by atoms with Crippen LogP contribution in [0.25, 0.3) is 22.3 Å². The molecule has 9 heteroatoms. The van der Waals surface area contributed by atoms with Crippen molar-refractivity contribution in [2.45, 2.75) is 13.1 Å². The number of anilines is 1. The molecular formula is C19H14F3N5O. The van der Waals surface area contributed by atoms with Crippen molar-refractivity contribution in [3.63, 3.8) is 0 Å². The Labute approximate surface area is 157 Å². The van der Waals surface area contributed by atoms with Gasteiger partial charge >= 0.3 is 6.18 Å². The molecule has 0 bridgehead atoms. The third-order valence-electron chi connectivity index (χ3n) is 4.34.